The first kappa shape index (κ1) is 16.9. The Kier molecular flexibility index (Phi) is 4.53. The van der Waals surface area contributed by atoms with Gasteiger partial charge in [-0.15, -0.1) is 0 Å². The molecule has 6 heteroatoms. The topological polar surface area (TPSA) is 82.8 Å². The molecule has 0 aliphatic carbocycles. The fourth-order valence-electron chi connectivity index (χ4n) is 3.38. The third-order valence-corrected chi connectivity index (χ3v) is 4.76. The molecule has 1 amide bonds. The summed E-state index contributed by atoms with van der Waals surface area (Å²) in [5, 5.41) is 3.33. The molecule has 0 bridgehead atoms. The van der Waals surface area contributed by atoms with Gasteiger partial charge in [-0.3, -0.25) is 4.79 Å². The first-order valence-corrected chi connectivity index (χ1v) is 8.82. The van der Waals surface area contributed by atoms with Crippen molar-refractivity contribution >= 4 is 5.91 Å². The highest BCUT2D eigenvalue weighted by molar-refractivity contribution is 5.75. The summed E-state index contributed by atoms with van der Waals surface area (Å²) in [6, 6.07) is 13.7. The number of amides is 1. The average molecular weight is 354 g/mol. The number of benzene rings is 2. The van der Waals surface area contributed by atoms with Gasteiger partial charge in [0.2, 0.25) is 5.79 Å². The SMILES string of the molecule is NC(=O)COc1cccc(-c2ccc3c(c2)COC2(CCNCC2)O3)c1. The highest BCUT2D eigenvalue weighted by Gasteiger charge is 2.38. The Hall–Kier alpha value is -2.57. The molecule has 0 aromatic heterocycles. The van der Waals surface area contributed by atoms with Crippen LogP contribution >= 0.6 is 0 Å². The number of primary amides is 1. The standard InChI is InChI=1S/C20H22N2O4/c21-19(23)13-24-17-3-1-2-14(11-17)15-4-5-18-16(10-15)12-25-20(26-18)6-8-22-9-7-20/h1-5,10-11,22H,6-9,12-13H2,(H2,21,23). The van der Waals surface area contributed by atoms with Crippen LogP contribution < -0.4 is 20.5 Å². The van der Waals surface area contributed by atoms with Gasteiger partial charge in [0.25, 0.3) is 5.91 Å². The molecule has 136 valence electrons. The van der Waals surface area contributed by atoms with Gasteiger partial charge in [0.05, 0.1) is 6.61 Å². The predicted octanol–water partition coefficient (Wildman–Crippen LogP) is 2.21. The lowest BCUT2D eigenvalue weighted by atomic mass is 9.99. The van der Waals surface area contributed by atoms with Gasteiger partial charge >= 0.3 is 0 Å². The minimum absolute atomic E-state index is 0.133. The fraction of sp³-hybridized carbons (Fsp3) is 0.350. The third-order valence-electron chi connectivity index (χ3n) is 4.76. The van der Waals surface area contributed by atoms with Crippen molar-refractivity contribution < 1.29 is 19.0 Å². The summed E-state index contributed by atoms with van der Waals surface area (Å²) in [5.74, 6) is 0.524. The summed E-state index contributed by atoms with van der Waals surface area (Å²) in [6.45, 7) is 2.23. The van der Waals surface area contributed by atoms with Crippen LogP contribution in [0.15, 0.2) is 42.5 Å². The average Bonchev–Trinajstić information content (AvgIpc) is 2.67. The van der Waals surface area contributed by atoms with Crippen LogP contribution in [0.3, 0.4) is 0 Å². The molecule has 0 saturated carbocycles. The van der Waals surface area contributed by atoms with Crippen molar-refractivity contribution in [2.75, 3.05) is 19.7 Å². The molecule has 3 N–H and O–H groups in total. The first-order chi connectivity index (χ1) is 12.6. The zero-order valence-electron chi connectivity index (χ0n) is 14.5. The zero-order valence-corrected chi connectivity index (χ0v) is 14.5. The molecule has 1 saturated heterocycles. The van der Waals surface area contributed by atoms with Crippen molar-refractivity contribution in [3.63, 3.8) is 0 Å². The van der Waals surface area contributed by atoms with E-state index in [2.05, 4.69) is 11.4 Å². The van der Waals surface area contributed by atoms with E-state index in [-0.39, 0.29) is 6.61 Å². The molecule has 0 unspecified atom stereocenters. The Morgan fingerprint density at radius 2 is 1.96 bits per heavy atom. The number of rotatable bonds is 4. The van der Waals surface area contributed by atoms with Gasteiger partial charge in [-0.05, 0) is 35.4 Å². The maximum absolute atomic E-state index is 10.9. The van der Waals surface area contributed by atoms with Crippen LogP contribution in [0, 0.1) is 0 Å². The van der Waals surface area contributed by atoms with Gasteiger partial charge in [-0.1, -0.05) is 18.2 Å². The molecule has 2 heterocycles. The number of fused-ring (bicyclic) bond motifs is 1. The Bertz CT molecular complexity index is 815. The normalized spacial score (nSPS) is 18.0. The number of carbonyl (C=O) groups is 1. The monoisotopic (exact) mass is 354 g/mol. The van der Waals surface area contributed by atoms with Crippen molar-refractivity contribution in [3.05, 3.63) is 48.0 Å². The van der Waals surface area contributed by atoms with Crippen molar-refractivity contribution in [3.8, 4) is 22.6 Å². The molecule has 0 atom stereocenters. The molecule has 0 radical (unpaired) electrons. The lowest BCUT2D eigenvalue weighted by Gasteiger charge is -2.41. The number of hydrogen-bond acceptors (Lipinski definition) is 5. The molecule has 1 spiro atoms. The lowest BCUT2D eigenvalue weighted by Crippen LogP contribution is -2.49. The quantitative estimate of drug-likeness (QED) is 0.880. The Labute approximate surface area is 152 Å². The van der Waals surface area contributed by atoms with E-state index in [1.807, 2.05) is 30.3 Å². The van der Waals surface area contributed by atoms with Gasteiger partial charge in [-0.25, -0.2) is 0 Å². The highest BCUT2D eigenvalue weighted by Crippen LogP contribution is 2.38. The number of piperidine rings is 1. The molecule has 2 aromatic rings. The summed E-state index contributed by atoms with van der Waals surface area (Å²) in [4.78, 5) is 10.9. The number of nitrogens with one attached hydrogen (secondary N) is 1. The van der Waals surface area contributed by atoms with Crippen LogP contribution in [-0.2, 0) is 16.1 Å². The number of carbonyl (C=O) groups excluding carboxylic acids is 1. The van der Waals surface area contributed by atoms with Crippen molar-refractivity contribution in [2.45, 2.75) is 25.2 Å². The van der Waals surface area contributed by atoms with Crippen LogP contribution in [0.5, 0.6) is 11.5 Å². The maximum Gasteiger partial charge on any atom is 0.255 e. The predicted molar refractivity (Wildman–Crippen MR) is 96.8 cm³/mol. The highest BCUT2D eigenvalue weighted by atomic mass is 16.7. The van der Waals surface area contributed by atoms with Gasteiger partial charge in [0.1, 0.15) is 11.5 Å². The first-order valence-electron chi connectivity index (χ1n) is 8.82. The van der Waals surface area contributed by atoms with Crippen LogP contribution in [0.25, 0.3) is 11.1 Å². The van der Waals surface area contributed by atoms with Gasteiger partial charge in [0.15, 0.2) is 6.61 Å². The molecule has 2 aromatic carbocycles. The summed E-state index contributed by atoms with van der Waals surface area (Å²) in [5.41, 5.74) is 8.21. The Morgan fingerprint density at radius 3 is 2.77 bits per heavy atom. The molecule has 6 nitrogen and oxygen atoms in total. The third kappa shape index (κ3) is 3.52. The lowest BCUT2D eigenvalue weighted by molar-refractivity contribution is -0.218. The van der Waals surface area contributed by atoms with Gasteiger partial charge in [0, 0.05) is 31.5 Å². The van der Waals surface area contributed by atoms with Gasteiger partial charge in [-0.2, -0.15) is 0 Å². The second kappa shape index (κ2) is 6.97. The molecular weight excluding hydrogens is 332 g/mol. The zero-order chi connectivity index (χ0) is 18.0. The Morgan fingerprint density at radius 1 is 1.15 bits per heavy atom. The summed E-state index contributed by atoms with van der Waals surface area (Å²) in [7, 11) is 0. The number of nitrogens with two attached hydrogens (primary N) is 1. The summed E-state index contributed by atoms with van der Waals surface area (Å²) >= 11 is 0. The van der Waals surface area contributed by atoms with E-state index >= 15 is 0 Å². The van der Waals surface area contributed by atoms with Gasteiger partial charge < -0.3 is 25.3 Å². The van der Waals surface area contributed by atoms with Crippen LogP contribution in [-0.4, -0.2) is 31.4 Å². The molecule has 2 aliphatic rings. The number of hydrogen-bond donors (Lipinski definition) is 2. The van der Waals surface area contributed by atoms with Crippen molar-refractivity contribution in [1.82, 2.24) is 5.32 Å². The van der Waals surface area contributed by atoms with E-state index in [0.717, 1.165) is 48.4 Å². The van der Waals surface area contributed by atoms with E-state index in [1.165, 1.54) is 0 Å². The van der Waals surface area contributed by atoms with E-state index in [9.17, 15) is 4.79 Å². The molecule has 2 aliphatic heterocycles. The molecule has 4 rings (SSSR count). The smallest absolute Gasteiger partial charge is 0.255 e. The molecule has 1 fully saturated rings. The molecule has 26 heavy (non-hydrogen) atoms. The van der Waals surface area contributed by atoms with Crippen molar-refractivity contribution in [2.24, 2.45) is 5.73 Å². The number of ether oxygens (including phenoxy) is 3. The van der Waals surface area contributed by atoms with Crippen LogP contribution in [0.4, 0.5) is 0 Å². The van der Waals surface area contributed by atoms with E-state index < -0.39 is 11.7 Å². The largest absolute Gasteiger partial charge is 0.484 e. The van der Waals surface area contributed by atoms with E-state index in [0.29, 0.717) is 12.4 Å². The van der Waals surface area contributed by atoms with Crippen LogP contribution in [0.1, 0.15) is 18.4 Å². The van der Waals surface area contributed by atoms with Crippen molar-refractivity contribution in [1.29, 1.82) is 0 Å². The second-order valence-corrected chi connectivity index (χ2v) is 6.66. The minimum atomic E-state index is -0.495. The maximum atomic E-state index is 10.9. The summed E-state index contributed by atoms with van der Waals surface area (Å²) in [6.07, 6.45) is 1.71. The Balaban J connectivity index is 1.55. The molecular formula is C20H22N2O4. The second-order valence-electron chi connectivity index (χ2n) is 6.66. The fourth-order valence-corrected chi connectivity index (χ4v) is 3.38. The summed E-state index contributed by atoms with van der Waals surface area (Å²) < 4.78 is 17.7. The van der Waals surface area contributed by atoms with E-state index in [4.69, 9.17) is 19.9 Å². The minimum Gasteiger partial charge on any atom is -0.484 e. The van der Waals surface area contributed by atoms with Crippen LogP contribution in [0.2, 0.25) is 0 Å². The van der Waals surface area contributed by atoms with E-state index in [1.54, 1.807) is 6.07 Å².